The normalized spacial score (nSPS) is 21.6. The summed E-state index contributed by atoms with van der Waals surface area (Å²) in [5.74, 6) is 0.301. The smallest absolute Gasteiger partial charge is 0.254 e. The van der Waals surface area contributed by atoms with Gasteiger partial charge in [0.2, 0.25) is 0 Å². The molecule has 3 heterocycles. The van der Waals surface area contributed by atoms with Gasteiger partial charge in [0, 0.05) is 43.3 Å². The molecule has 1 atom stereocenters. The maximum Gasteiger partial charge on any atom is 0.254 e. The van der Waals surface area contributed by atoms with Crippen molar-refractivity contribution in [1.29, 1.82) is 0 Å². The number of fused-ring (bicyclic) bond motifs is 1. The zero-order valence-electron chi connectivity index (χ0n) is 17.4. The molecule has 5 nitrogen and oxygen atoms in total. The first-order valence-electron chi connectivity index (χ1n) is 11.2. The summed E-state index contributed by atoms with van der Waals surface area (Å²) in [6.45, 7) is 4.49. The number of carbonyl (C=O) groups excluding carboxylic acids is 2. The number of hydrogen-bond donors (Lipinski definition) is 1. The standard InChI is InChI=1S/C25H29N3O2/c29-24(27-13-1-2-14-27)19-7-5-18(6-8-19)20-9-10-23-21(16-20)11-15-28(25(23)30)22-4-3-12-26-17-22/h5-10,16,22,26H,1-4,11-15,17H2/t22-/m0/s1. The molecule has 2 aromatic carbocycles. The van der Waals surface area contributed by atoms with Crippen molar-refractivity contribution in [2.45, 2.75) is 38.1 Å². The molecular formula is C25H29N3O2. The van der Waals surface area contributed by atoms with Crippen LogP contribution < -0.4 is 5.32 Å². The number of carbonyl (C=O) groups is 2. The zero-order chi connectivity index (χ0) is 20.5. The average Bonchev–Trinajstić information content (AvgIpc) is 3.34. The average molecular weight is 404 g/mol. The Hall–Kier alpha value is -2.66. The van der Waals surface area contributed by atoms with Gasteiger partial charge in [-0.05, 0) is 73.5 Å². The van der Waals surface area contributed by atoms with Crippen LogP contribution >= 0.6 is 0 Å². The van der Waals surface area contributed by atoms with Crippen LogP contribution in [0.25, 0.3) is 11.1 Å². The highest BCUT2D eigenvalue weighted by Crippen LogP contribution is 2.28. The highest BCUT2D eigenvalue weighted by atomic mass is 16.2. The Labute approximate surface area is 178 Å². The van der Waals surface area contributed by atoms with E-state index in [1.54, 1.807) is 0 Å². The number of amides is 2. The lowest BCUT2D eigenvalue weighted by molar-refractivity contribution is 0.0630. The van der Waals surface area contributed by atoms with Gasteiger partial charge in [0.1, 0.15) is 0 Å². The summed E-state index contributed by atoms with van der Waals surface area (Å²) in [5, 5.41) is 3.42. The van der Waals surface area contributed by atoms with E-state index in [0.717, 1.165) is 92.6 Å². The van der Waals surface area contributed by atoms with Crippen LogP contribution in [0, 0.1) is 0 Å². The summed E-state index contributed by atoms with van der Waals surface area (Å²) in [7, 11) is 0. The van der Waals surface area contributed by atoms with Gasteiger partial charge in [0.15, 0.2) is 0 Å². The number of nitrogens with zero attached hydrogens (tertiary/aromatic N) is 2. The second kappa shape index (κ2) is 8.23. The number of hydrogen-bond acceptors (Lipinski definition) is 3. The van der Waals surface area contributed by atoms with Gasteiger partial charge in [-0.3, -0.25) is 9.59 Å². The minimum absolute atomic E-state index is 0.132. The molecule has 2 amide bonds. The van der Waals surface area contributed by atoms with E-state index in [1.807, 2.05) is 41.3 Å². The van der Waals surface area contributed by atoms with Crippen LogP contribution in [0.15, 0.2) is 42.5 Å². The van der Waals surface area contributed by atoms with Crippen molar-refractivity contribution >= 4 is 11.8 Å². The summed E-state index contributed by atoms with van der Waals surface area (Å²) < 4.78 is 0. The Morgan fingerprint density at radius 2 is 1.70 bits per heavy atom. The summed E-state index contributed by atoms with van der Waals surface area (Å²) in [5.41, 5.74) is 4.92. The van der Waals surface area contributed by atoms with Gasteiger partial charge in [-0.1, -0.05) is 24.3 Å². The first kappa shape index (κ1) is 19.3. The molecular weight excluding hydrogens is 374 g/mol. The van der Waals surface area contributed by atoms with E-state index < -0.39 is 0 Å². The third kappa shape index (κ3) is 3.63. The molecule has 0 bridgehead atoms. The highest BCUT2D eigenvalue weighted by Gasteiger charge is 2.30. The van der Waals surface area contributed by atoms with Gasteiger partial charge in [0.05, 0.1) is 0 Å². The number of benzene rings is 2. The van der Waals surface area contributed by atoms with E-state index in [1.165, 1.54) is 0 Å². The Morgan fingerprint density at radius 3 is 2.43 bits per heavy atom. The zero-order valence-corrected chi connectivity index (χ0v) is 17.4. The molecule has 0 radical (unpaired) electrons. The van der Waals surface area contributed by atoms with Crippen molar-refractivity contribution < 1.29 is 9.59 Å². The van der Waals surface area contributed by atoms with Gasteiger partial charge < -0.3 is 15.1 Å². The third-order valence-electron chi connectivity index (χ3n) is 6.79. The summed E-state index contributed by atoms with van der Waals surface area (Å²) >= 11 is 0. The fraction of sp³-hybridized carbons (Fsp3) is 0.440. The number of likely N-dealkylation sites (tertiary alicyclic amines) is 1. The van der Waals surface area contributed by atoms with Crippen molar-refractivity contribution in [1.82, 2.24) is 15.1 Å². The van der Waals surface area contributed by atoms with E-state index >= 15 is 0 Å². The molecule has 2 fully saturated rings. The molecule has 3 aliphatic heterocycles. The van der Waals surface area contributed by atoms with Crippen LogP contribution in [0.5, 0.6) is 0 Å². The van der Waals surface area contributed by atoms with Crippen molar-refractivity contribution in [2.75, 3.05) is 32.7 Å². The maximum absolute atomic E-state index is 13.1. The number of piperidine rings is 1. The third-order valence-corrected chi connectivity index (χ3v) is 6.79. The predicted molar refractivity (Wildman–Crippen MR) is 118 cm³/mol. The van der Waals surface area contributed by atoms with Crippen molar-refractivity contribution in [3.05, 3.63) is 59.2 Å². The van der Waals surface area contributed by atoms with Crippen molar-refractivity contribution in [2.24, 2.45) is 0 Å². The molecule has 5 heteroatoms. The van der Waals surface area contributed by atoms with Crippen molar-refractivity contribution in [3.63, 3.8) is 0 Å². The number of nitrogens with one attached hydrogen (secondary N) is 1. The maximum atomic E-state index is 13.1. The number of rotatable bonds is 3. The minimum atomic E-state index is 0.132. The fourth-order valence-electron chi connectivity index (χ4n) is 5.04. The molecule has 5 rings (SSSR count). The van der Waals surface area contributed by atoms with Gasteiger partial charge in [-0.25, -0.2) is 0 Å². The van der Waals surface area contributed by atoms with Crippen LogP contribution in [-0.2, 0) is 6.42 Å². The molecule has 2 aromatic rings. The van der Waals surface area contributed by atoms with E-state index in [4.69, 9.17) is 0 Å². The first-order chi connectivity index (χ1) is 14.7. The van der Waals surface area contributed by atoms with Crippen LogP contribution in [0.1, 0.15) is 52.0 Å². The molecule has 0 aromatic heterocycles. The second-order valence-electron chi connectivity index (χ2n) is 8.70. The summed E-state index contributed by atoms with van der Waals surface area (Å²) in [6.07, 6.45) is 5.33. The highest BCUT2D eigenvalue weighted by molar-refractivity contribution is 5.98. The Kier molecular flexibility index (Phi) is 5.30. The van der Waals surface area contributed by atoms with E-state index in [0.29, 0.717) is 6.04 Å². The molecule has 0 aliphatic carbocycles. The monoisotopic (exact) mass is 403 g/mol. The first-order valence-corrected chi connectivity index (χ1v) is 11.2. The molecule has 3 aliphatic rings. The van der Waals surface area contributed by atoms with Crippen molar-refractivity contribution in [3.8, 4) is 11.1 Å². The Bertz CT molecular complexity index is 941. The van der Waals surface area contributed by atoms with E-state index in [-0.39, 0.29) is 11.8 Å². The minimum Gasteiger partial charge on any atom is -0.339 e. The van der Waals surface area contributed by atoms with Crippen LogP contribution in [0.2, 0.25) is 0 Å². The molecule has 156 valence electrons. The van der Waals surface area contributed by atoms with Gasteiger partial charge in [-0.15, -0.1) is 0 Å². The van der Waals surface area contributed by atoms with Gasteiger partial charge in [0.25, 0.3) is 11.8 Å². The summed E-state index contributed by atoms with van der Waals surface area (Å²) in [6, 6.07) is 14.4. The second-order valence-corrected chi connectivity index (χ2v) is 8.70. The predicted octanol–water partition coefficient (Wildman–Crippen LogP) is 3.34. The lowest BCUT2D eigenvalue weighted by atomic mass is 9.92. The quantitative estimate of drug-likeness (QED) is 0.855. The summed E-state index contributed by atoms with van der Waals surface area (Å²) in [4.78, 5) is 29.6. The molecule has 1 N–H and O–H groups in total. The SMILES string of the molecule is O=C(c1ccc(-c2ccc3c(c2)CCN([C@H]2CCCNC2)C3=O)cc1)N1CCCC1. The lowest BCUT2D eigenvalue weighted by Gasteiger charge is -2.37. The molecule has 0 unspecified atom stereocenters. The molecule has 0 saturated carbocycles. The molecule has 2 saturated heterocycles. The van der Waals surface area contributed by atoms with Crippen LogP contribution in [0.4, 0.5) is 0 Å². The van der Waals surface area contributed by atoms with Gasteiger partial charge >= 0.3 is 0 Å². The fourth-order valence-corrected chi connectivity index (χ4v) is 5.04. The molecule has 30 heavy (non-hydrogen) atoms. The van der Waals surface area contributed by atoms with Crippen LogP contribution in [-0.4, -0.2) is 60.4 Å². The largest absolute Gasteiger partial charge is 0.339 e. The lowest BCUT2D eigenvalue weighted by Crippen LogP contribution is -2.51. The Balaban J connectivity index is 1.33. The topological polar surface area (TPSA) is 52.7 Å². The van der Waals surface area contributed by atoms with E-state index in [9.17, 15) is 9.59 Å². The molecule has 0 spiro atoms. The van der Waals surface area contributed by atoms with E-state index in [2.05, 4.69) is 16.3 Å². The van der Waals surface area contributed by atoms with Gasteiger partial charge in [-0.2, -0.15) is 0 Å². The van der Waals surface area contributed by atoms with Crippen LogP contribution in [0.3, 0.4) is 0 Å². The Morgan fingerprint density at radius 1 is 0.933 bits per heavy atom.